The van der Waals surface area contributed by atoms with E-state index in [4.69, 9.17) is 5.73 Å². The Morgan fingerprint density at radius 3 is 1.94 bits per heavy atom. The van der Waals surface area contributed by atoms with Crippen LogP contribution in [0, 0.1) is 0 Å². The molecule has 1 saturated carbocycles. The second kappa shape index (κ2) is 5.87. The van der Waals surface area contributed by atoms with Gasteiger partial charge in [0.25, 0.3) is 0 Å². The average Bonchev–Trinajstić information content (AvgIpc) is 2.16. The summed E-state index contributed by atoms with van der Waals surface area (Å²) in [5.41, 5.74) is 5.17. The molecule has 0 aromatic rings. The SMILES string of the molecule is NCC1(NCC(F)(F)F)CCCCCCC1. The van der Waals surface area contributed by atoms with E-state index in [1.165, 1.54) is 6.42 Å². The van der Waals surface area contributed by atoms with Crippen LogP contribution in [0.1, 0.15) is 44.9 Å². The van der Waals surface area contributed by atoms with Crippen LogP contribution in [0.4, 0.5) is 13.2 Å². The second-order valence-electron chi connectivity index (χ2n) is 4.72. The summed E-state index contributed by atoms with van der Waals surface area (Å²) in [6.07, 6.45) is 2.73. The zero-order chi connectivity index (χ0) is 12.1. The van der Waals surface area contributed by atoms with Crippen molar-refractivity contribution in [3.63, 3.8) is 0 Å². The number of hydrogen-bond acceptors (Lipinski definition) is 2. The zero-order valence-corrected chi connectivity index (χ0v) is 9.58. The number of alkyl halides is 3. The maximum atomic E-state index is 12.2. The first-order valence-electron chi connectivity index (χ1n) is 5.99. The van der Waals surface area contributed by atoms with Crippen molar-refractivity contribution < 1.29 is 13.2 Å². The Balaban J connectivity index is 2.51. The van der Waals surface area contributed by atoms with Crippen LogP contribution in [-0.2, 0) is 0 Å². The lowest BCUT2D eigenvalue weighted by Gasteiger charge is -2.36. The number of nitrogens with one attached hydrogen (secondary N) is 1. The maximum absolute atomic E-state index is 12.2. The van der Waals surface area contributed by atoms with Crippen molar-refractivity contribution in [3.05, 3.63) is 0 Å². The van der Waals surface area contributed by atoms with Crippen LogP contribution in [0.3, 0.4) is 0 Å². The molecule has 1 aliphatic rings. The van der Waals surface area contributed by atoms with E-state index in [9.17, 15) is 13.2 Å². The fourth-order valence-electron chi connectivity index (χ4n) is 2.32. The number of nitrogens with two attached hydrogens (primary N) is 1. The van der Waals surface area contributed by atoms with Crippen molar-refractivity contribution in [2.45, 2.75) is 56.7 Å². The Bertz CT molecular complexity index is 196. The molecule has 1 aliphatic carbocycles. The Labute approximate surface area is 94.8 Å². The maximum Gasteiger partial charge on any atom is 0.401 e. The van der Waals surface area contributed by atoms with E-state index in [1.807, 2.05) is 0 Å². The summed E-state index contributed by atoms with van der Waals surface area (Å²) in [4.78, 5) is 0. The highest BCUT2D eigenvalue weighted by Crippen LogP contribution is 2.26. The Morgan fingerprint density at radius 2 is 1.50 bits per heavy atom. The smallest absolute Gasteiger partial charge is 0.329 e. The third-order valence-corrected chi connectivity index (χ3v) is 3.37. The fourth-order valence-corrected chi connectivity index (χ4v) is 2.32. The molecule has 96 valence electrons. The van der Waals surface area contributed by atoms with Crippen LogP contribution in [0.2, 0.25) is 0 Å². The average molecular weight is 238 g/mol. The summed E-state index contributed by atoms with van der Waals surface area (Å²) in [6.45, 7) is -0.632. The molecule has 0 unspecified atom stereocenters. The highest BCUT2D eigenvalue weighted by atomic mass is 19.4. The van der Waals surface area contributed by atoms with Crippen molar-refractivity contribution >= 4 is 0 Å². The van der Waals surface area contributed by atoms with E-state index >= 15 is 0 Å². The Hall–Kier alpha value is -0.290. The predicted molar refractivity (Wildman–Crippen MR) is 58.2 cm³/mol. The molecule has 0 bridgehead atoms. The fraction of sp³-hybridized carbons (Fsp3) is 1.00. The van der Waals surface area contributed by atoms with E-state index in [1.54, 1.807) is 0 Å². The first-order valence-corrected chi connectivity index (χ1v) is 5.99. The van der Waals surface area contributed by atoms with E-state index < -0.39 is 18.3 Å². The molecule has 0 amide bonds. The summed E-state index contributed by atoms with van der Waals surface area (Å²) in [5, 5.41) is 2.64. The van der Waals surface area contributed by atoms with Crippen molar-refractivity contribution in [2.75, 3.05) is 13.1 Å². The standard InChI is InChI=1S/C11H21F3N2/c12-11(13,14)9-16-10(8-15)6-4-2-1-3-5-7-10/h16H,1-9,15H2. The van der Waals surface area contributed by atoms with Gasteiger partial charge in [0, 0.05) is 12.1 Å². The van der Waals surface area contributed by atoms with E-state index in [-0.39, 0.29) is 0 Å². The molecule has 0 radical (unpaired) electrons. The molecule has 0 atom stereocenters. The number of hydrogen-bond donors (Lipinski definition) is 2. The van der Waals surface area contributed by atoms with Gasteiger partial charge < -0.3 is 11.1 Å². The summed E-state index contributed by atoms with van der Waals surface area (Å²) >= 11 is 0. The van der Waals surface area contributed by atoms with Crippen LogP contribution in [0.25, 0.3) is 0 Å². The monoisotopic (exact) mass is 238 g/mol. The molecule has 1 fully saturated rings. The third kappa shape index (κ3) is 4.70. The largest absolute Gasteiger partial charge is 0.401 e. The van der Waals surface area contributed by atoms with Gasteiger partial charge in [-0.3, -0.25) is 0 Å². The molecule has 0 aliphatic heterocycles. The van der Waals surface area contributed by atoms with Crippen LogP contribution >= 0.6 is 0 Å². The van der Waals surface area contributed by atoms with Gasteiger partial charge in [-0.05, 0) is 12.8 Å². The van der Waals surface area contributed by atoms with Gasteiger partial charge in [0.1, 0.15) is 0 Å². The molecule has 2 nitrogen and oxygen atoms in total. The van der Waals surface area contributed by atoms with Gasteiger partial charge in [-0.1, -0.05) is 32.1 Å². The summed E-state index contributed by atoms with van der Waals surface area (Å²) in [6, 6.07) is 0. The van der Waals surface area contributed by atoms with Gasteiger partial charge in [-0.2, -0.15) is 13.2 Å². The molecule has 0 aromatic carbocycles. The van der Waals surface area contributed by atoms with Gasteiger partial charge in [0.15, 0.2) is 0 Å². The van der Waals surface area contributed by atoms with Crippen molar-refractivity contribution in [1.29, 1.82) is 0 Å². The highest BCUT2D eigenvalue weighted by molar-refractivity contribution is 4.90. The van der Waals surface area contributed by atoms with E-state index in [2.05, 4.69) is 5.32 Å². The molecular formula is C11H21F3N2. The zero-order valence-electron chi connectivity index (χ0n) is 9.58. The summed E-state index contributed by atoms with van der Waals surface area (Å²) in [5.74, 6) is 0. The van der Waals surface area contributed by atoms with Crippen LogP contribution in [0.15, 0.2) is 0 Å². The van der Waals surface area contributed by atoms with Crippen LogP contribution < -0.4 is 11.1 Å². The second-order valence-corrected chi connectivity index (χ2v) is 4.72. The molecule has 16 heavy (non-hydrogen) atoms. The first-order chi connectivity index (χ1) is 7.47. The Morgan fingerprint density at radius 1 is 1.00 bits per heavy atom. The number of halogens is 3. The minimum absolute atomic E-state index is 0.295. The van der Waals surface area contributed by atoms with Crippen molar-refractivity contribution in [3.8, 4) is 0 Å². The van der Waals surface area contributed by atoms with Gasteiger partial charge in [-0.15, -0.1) is 0 Å². The lowest BCUT2D eigenvalue weighted by molar-refractivity contribution is -0.129. The normalized spacial score (nSPS) is 22.5. The van der Waals surface area contributed by atoms with Crippen LogP contribution in [-0.4, -0.2) is 24.8 Å². The summed E-state index contributed by atoms with van der Waals surface area (Å²) in [7, 11) is 0. The molecular weight excluding hydrogens is 217 g/mol. The molecule has 0 spiro atoms. The first kappa shape index (κ1) is 13.8. The van der Waals surface area contributed by atoms with Gasteiger partial charge >= 0.3 is 6.18 Å². The molecule has 3 N–H and O–H groups in total. The predicted octanol–water partition coefficient (Wildman–Crippen LogP) is 2.58. The quantitative estimate of drug-likeness (QED) is 0.793. The third-order valence-electron chi connectivity index (χ3n) is 3.37. The molecule has 0 saturated heterocycles. The topological polar surface area (TPSA) is 38.0 Å². The van der Waals surface area contributed by atoms with Gasteiger partial charge in [-0.25, -0.2) is 0 Å². The van der Waals surface area contributed by atoms with E-state index in [0.717, 1.165) is 38.5 Å². The highest BCUT2D eigenvalue weighted by Gasteiger charge is 2.34. The minimum atomic E-state index is -4.15. The molecule has 0 heterocycles. The minimum Gasteiger partial charge on any atom is -0.329 e. The van der Waals surface area contributed by atoms with Crippen molar-refractivity contribution in [2.24, 2.45) is 5.73 Å². The van der Waals surface area contributed by atoms with Gasteiger partial charge in [0.05, 0.1) is 6.54 Å². The van der Waals surface area contributed by atoms with Crippen molar-refractivity contribution in [1.82, 2.24) is 5.32 Å². The van der Waals surface area contributed by atoms with Gasteiger partial charge in [0.2, 0.25) is 0 Å². The van der Waals surface area contributed by atoms with E-state index in [0.29, 0.717) is 6.54 Å². The van der Waals surface area contributed by atoms with Crippen LogP contribution in [0.5, 0.6) is 0 Å². The lowest BCUT2D eigenvalue weighted by Crippen LogP contribution is -2.54. The molecule has 0 aromatic heterocycles. The Kier molecular flexibility index (Phi) is 5.05. The summed E-state index contributed by atoms with van der Waals surface area (Å²) < 4.78 is 36.6. The lowest BCUT2D eigenvalue weighted by atomic mass is 9.84. The number of rotatable bonds is 3. The molecule has 1 rings (SSSR count). The molecule has 5 heteroatoms.